The van der Waals surface area contributed by atoms with E-state index in [4.69, 9.17) is 4.74 Å². The number of nitrogens with one attached hydrogen (secondary N) is 1. The molecular weight excluding hydrogens is 387 g/mol. The molecule has 0 unspecified atom stereocenters. The lowest BCUT2D eigenvalue weighted by Crippen LogP contribution is -2.27. The molecule has 6 nitrogen and oxygen atoms in total. The lowest BCUT2D eigenvalue weighted by Gasteiger charge is -2.12. The van der Waals surface area contributed by atoms with Gasteiger partial charge in [-0.15, -0.1) is 0 Å². The third-order valence-electron chi connectivity index (χ3n) is 4.12. The van der Waals surface area contributed by atoms with Crippen LogP contribution in [0.3, 0.4) is 0 Å². The third kappa shape index (κ3) is 5.07. The molecule has 152 valence electrons. The first-order valence-electron chi connectivity index (χ1n) is 8.66. The highest BCUT2D eigenvalue weighted by Gasteiger charge is 2.14. The summed E-state index contributed by atoms with van der Waals surface area (Å²) in [7, 11) is 1.36. The van der Waals surface area contributed by atoms with Crippen LogP contribution in [0.1, 0.15) is 16.1 Å². The van der Waals surface area contributed by atoms with Crippen molar-refractivity contribution in [2.75, 3.05) is 13.7 Å². The van der Waals surface area contributed by atoms with Crippen LogP contribution in [0.25, 0.3) is 5.69 Å². The Labute approximate surface area is 164 Å². The van der Waals surface area contributed by atoms with Gasteiger partial charge in [0.25, 0.3) is 5.91 Å². The molecule has 2 aromatic carbocycles. The highest BCUT2D eigenvalue weighted by molar-refractivity contribution is 5.93. The molecule has 0 saturated heterocycles. The number of benzene rings is 2. The van der Waals surface area contributed by atoms with Crippen molar-refractivity contribution in [2.24, 2.45) is 0 Å². The number of hydrogen-bond acceptors (Lipinski definition) is 4. The topological polar surface area (TPSA) is 65.4 Å². The Morgan fingerprint density at radius 3 is 2.62 bits per heavy atom. The van der Waals surface area contributed by atoms with Crippen LogP contribution in [0.15, 0.2) is 55.0 Å². The standard InChI is InChI=1S/C20H18F3N3O3/c1-28-17-7-2-13(10-18(17)29-20(22)23)8-9-25-19(27)16-11-24-12-26(16)15-5-3-14(21)4-6-15/h2-7,10-12,20H,8-9H2,1H3,(H,25,27). The number of nitrogens with zero attached hydrogens (tertiary/aromatic N) is 2. The SMILES string of the molecule is COc1ccc(CCNC(=O)c2cncn2-c2ccc(F)cc2)cc1OC(F)F. The second-order valence-electron chi connectivity index (χ2n) is 5.99. The molecule has 0 fully saturated rings. The fourth-order valence-electron chi connectivity index (χ4n) is 2.75. The fourth-order valence-corrected chi connectivity index (χ4v) is 2.75. The van der Waals surface area contributed by atoms with Crippen molar-refractivity contribution in [1.82, 2.24) is 14.9 Å². The van der Waals surface area contributed by atoms with Crippen LogP contribution in [0, 0.1) is 5.82 Å². The van der Waals surface area contributed by atoms with Gasteiger partial charge in [0, 0.05) is 12.2 Å². The van der Waals surface area contributed by atoms with Gasteiger partial charge >= 0.3 is 6.61 Å². The van der Waals surface area contributed by atoms with Crippen molar-refractivity contribution in [2.45, 2.75) is 13.0 Å². The maximum Gasteiger partial charge on any atom is 0.387 e. The van der Waals surface area contributed by atoms with E-state index in [2.05, 4.69) is 15.0 Å². The largest absolute Gasteiger partial charge is 0.493 e. The predicted octanol–water partition coefficient (Wildman–Crippen LogP) is 3.59. The van der Waals surface area contributed by atoms with Crippen LogP contribution < -0.4 is 14.8 Å². The number of halogens is 3. The Morgan fingerprint density at radius 2 is 1.93 bits per heavy atom. The first kappa shape index (κ1) is 20.2. The van der Waals surface area contributed by atoms with E-state index in [0.717, 1.165) is 0 Å². The Balaban J connectivity index is 1.64. The lowest BCUT2D eigenvalue weighted by molar-refractivity contribution is -0.0512. The van der Waals surface area contributed by atoms with Crippen LogP contribution in [0.4, 0.5) is 13.2 Å². The number of methoxy groups -OCH3 is 1. The van der Waals surface area contributed by atoms with Gasteiger partial charge in [-0.25, -0.2) is 9.37 Å². The molecule has 0 atom stereocenters. The molecule has 9 heteroatoms. The highest BCUT2D eigenvalue weighted by Crippen LogP contribution is 2.29. The quantitative estimate of drug-likeness (QED) is 0.622. The molecule has 0 bridgehead atoms. The van der Waals surface area contributed by atoms with E-state index in [9.17, 15) is 18.0 Å². The zero-order chi connectivity index (χ0) is 20.8. The number of aromatic nitrogens is 2. The van der Waals surface area contributed by atoms with Gasteiger partial charge in [0.05, 0.1) is 19.6 Å². The number of hydrogen-bond donors (Lipinski definition) is 1. The number of ether oxygens (including phenoxy) is 2. The van der Waals surface area contributed by atoms with E-state index in [1.54, 1.807) is 6.07 Å². The average Bonchev–Trinajstić information content (AvgIpc) is 3.18. The molecule has 1 amide bonds. The Hall–Kier alpha value is -3.49. The van der Waals surface area contributed by atoms with Gasteiger partial charge in [-0.3, -0.25) is 9.36 Å². The zero-order valence-electron chi connectivity index (χ0n) is 15.4. The summed E-state index contributed by atoms with van der Waals surface area (Å²) in [6.07, 6.45) is 3.25. The number of imidazole rings is 1. The average molecular weight is 405 g/mol. The second-order valence-corrected chi connectivity index (χ2v) is 5.99. The predicted molar refractivity (Wildman–Crippen MR) is 99.2 cm³/mol. The van der Waals surface area contributed by atoms with Gasteiger partial charge in [0.1, 0.15) is 11.5 Å². The molecule has 1 N–H and O–H groups in total. The summed E-state index contributed by atoms with van der Waals surface area (Å²) in [5.74, 6) is -0.624. The van der Waals surface area contributed by atoms with Crippen LogP contribution in [-0.4, -0.2) is 35.7 Å². The molecule has 3 aromatic rings. The third-order valence-corrected chi connectivity index (χ3v) is 4.12. The summed E-state index contributed by atoms with van der Waals surface area (Å²) >= 11 is 0. The minimum absolute atomic E-state index is 0.0688. The van der Waals surface area contributed by atoms with Crippen molar-refractivity contribution in [1.29, 1.82) is 0 Å². The van der Waals surface area contributed by atoms with E-state index in [1.807, 2.05) is 0 Å². The van der Waals surface area contributed by atoms with Crippen LogP contribution in [0.2, 0.25) is 0 Å². The van der Waals surface area contributed by atoms with Gasteiger partial charge in [0.2, 0.25) is 0 Å². The molecule has 0 aliphatic carbocycles. The first-order chi connectivity index (χ1) is 14.0. The summed E-state index contributed by atoms with van der Waals surface area (Å²) in [5.41, 5.74) is 1.57. The fraction of sp³-hybridized carbons (Fsp3) is 0.200. The van der Waals surface area contributed by atoms with E-state index >= 15 is 0 Å². The maximum absolute atomic E-state index is 13.1. The van der Waals surface area contributed by atoms with Gasteiger partial charge in [0.15, 0.2) is 11.5 Å². The highest BCUT2D eigenvalue weighted by atomic mass is 19.3. The summed E-state index contributed by atoms with van der Waals surface area (Å²) in [6, 6.07) is 10.3. The Morgan fingerprint density at radius 1 is 1.17 bits per heavy atom. The molecule has 29 heavy (non-hydrogen) atoms. The molecule has 0 aliphatic heterocycles. The lowest BCUT2D eigenvalue weighted by atomic mass is 10.1. The van der Waals surface area contributed by atoms with E-state index < -0.39 is 6.61 Å². The van der Waals surface area contributed by atoms with Gasteiger partial charge in [-0.1, -0.05) is 6.07 Å². The van der Waals surface area contributed by atoms with Crippen LogP contribution >= 0.6 is 0 Å². The minimum atomic E-state index is -2.97. The van der Waals surface area contributed by atoms with Gasteiger partial charge < -0.3 is 14.8 Å². The van der Waals surface area contributed by atoms with Crippen molar-refractivity contribution in [3.63, 3.8) is 0 Å². The summed E-state index contributed by atoms with van der Waals surface area (Å²) in [6.45, 7) is -2.71. The molecule has 0 aliphatic rings. The summed E-state index contributed by atoms with van der Waals surface area (Å²) in [5, 5.41) is 2.75. The van der Waals surface area contributed by atoms with Crippen molar-refractivity contribution in [3.05, 3.63) is 72.1 Å². The normalized spacial score (nSPS) is 10.8. The van der Waals surface area contributed by atoms with Gasteiger partial charge in [-0.2, -0.15) is 8.78 Å². The Bertz CT molecular complexity index is 975. The molecule has 1 heterocycles. The first-order valence-corrected chi connectivity index (χ1v) is 8.66. The monoisotopic (exact) mass is 405 g/mol. The van der Waals surface area contributed by atoms with E-state index in [0.29, 0.717) is 17.7 Å². The maximum atomic E-state index is 13.1. The van der Waals surface area contributed by atoms with Crippen molar-refractivity contribution < 1.29 is 27.4 Å². The minimum Gasteiger partial charge on any atom is -0.493 e. The summed E-state index contributed by atoms with van der Waals surface area (Å²) in [4.78, 5) is 16.5. The molecular formula is C20H18F3N3O3. The molecule has 0 saturated carbocycles. The summed E-state index contributed by atoms with van der Waals surface area (Å²) < 4.78 is 49.1. The number of carbonyl (C=O) groups is 1. The second kappa shape index (κ2) is 9.13. The van der Waals surface area contributed by atoms with Gasteiger partial charge in [-0.05, 0) is 48.4 Å². The molecule has 0 radical (unpaired) electrons. The molecule has 0 spiro atoms. The number of amides is 1. The number of alkyl halides is 2. The van der Waals surface area contributed by atoms with Crippen LogP contribution in [-0.2, 0) is 6.42 Å². The zero-order valence-corrected chi connectivity index (χ0v) is 15.4. The van der Waals surface area contributed by atoms with E-state index in [-0.39, 0.29) is 35.5 Å². The molecule has 1 aromatic heterocycles. The number of carbonyl (C=O) groups excluding carboxylic acids is 1. The van der Waals surface area contributed by atoms with E-state index in [1.165, 1.54) is 60.6 Å². The molecule has 3 rings (SSSR count). The number of rotatable bonds is 8. The Kier molecular flexibility index (Phi) is 6.38. The van der Waals surface area contributed by atoms with Crippen LogP contribution in [0.5, 0.6) is 11.5 Å². The smallest absolute Gasteiger partial charge is 0.387 e. The van der Waals surface area contributed by atoms with Crippen molar-refractivity contribution >= 4 is 5.91 Å². The van der Waals surface area contributed by atoms with Crippen molar-refractivity contribution in [3.8, 4) is 17.2 Å².